The first kappa shape index (κ1) is 26.7. The van der Waals surface area contributed by atoms with Gasteiger partial charge in [0.1, 0.15) is 23.3 Å². The summed E-state index contributed by atoms with van der Waals surface area (Å²) in [5, 5.41) is 8.65. The Balaban J connectivity index is 1.56. The Morgan fingerprint density at radius 2 is 1.67 bits per heavy atom. The standard InChI is InChI=1S/C26H34N4O6/c1-17(31)27-23(14-18-8-9-22(35-3)16-24(18)36-4)25(32)28-19-10-12-30(13-11-19)26(33)29-20-6-5-7-21(15-20)34-2/h5-9,15-16,19,23H,10-14H2,1-4H3,(H,27,31)(H,28,32)(H,29,33)/t23-/m1/s1. The summed E-state index contributed by atoms with van der Waals surface area (Å²) in [6.45, 7) is 2.38. The van der Waals surface area contributed by atoms with E-state index in [9.17, 15) is 14.4 Å². The van der Waals surface area contributed by atoms with E-state index in [1.807, 2.05) is 18.2 Å². The van der Waals surface area contributed by atoms with E-state index in [0.29, 0.717) is 48.9 Å². The molecule has 1 atom stereocenters. The van der Waals surface area contributed by atoms with Crippen LogP contribution in [0.5, 0.6) is 17.2 Å². The maximum atomic E-state index is 13.1. The molecule has 0 aromatic heterocycles. The molecule has 0 aliphatic carbocycles. The van der Waals surface area contributed by atoms with Gasteiger partial charge in [-0.1, -0.05) is 12.1 Å². The molecule has 4 amide bonds. The van der Waals surface area contributed by atoms with Gasteiger partial charge in [0.15, 0.2) is 0 Å². The third-order valence-electron chi connectivity index (χ3n) is 6.06. The van der Waals surface area contributed by atoms with Crippen LogP contribution in [0.25, 0.3) is 0 Å². The van der Waals surface area contributed by atoms with Gasteiger partial charge in [-0.15, -0.1) is 0 Å². The zero-order valence-electron chi connectivity index (χ0n) is 21.1. The molecular weight excluding hydrogens is 464 g/mol. The molecule has 0 bridgehead atoms. The van der Waals surface area contributed by atoms with Crippen LogP contribution in [0.3, 0.4) is 0 Å². The molecule has 1 saturated heterocycles. The van der Waals surface area contributed by atoms with Crippen LogP contribution in [-0.2, 0) is 16.0 Å². The van der Waals surface area contributed by atoms with E-state index in [4.69, 9.17) is 14.2 Å². The lowest BCUT2D eigenvalue weighted by Crippen LogP contribution is -2.53. The highest BCUT2D eigenvalue weighted by atomic mass is 16.5. The van der Waals surface area contributed by atoms with Crippen LogP contribution < -0.4 is 30.2 Å². The normalized spacial score (nSPS) is 14.4. The third-order valence-corrected chi connectivity index (χ3v) is 6.06. The fraction of sp³-hybridized carbons (Fsp3) is 0.423. The number of piperidine rings is 1. The van der Waals surface area contributed by atoms with Gasteiger partial charge < -0.3 is 35.1 Å². The largest absolute Gasteiger partial charge is 0.497 e. The molecule has 36 heavy (non-hydrogen) atoms. The van der Waals surface area contributed by atoms with E-state index < -0.39 is 6.04 Å². The van der Waals surface area contributed by atoms with Gasteiger partial charge in [0.2, 0.25) is 11.8 Å². The van der Waals surface area contributed by atoms with Crippen molar-refractivity contribution in [3.8, 4) is 17.2 Å². The third kappa shape index (κ3) is 7.27. The average Bonchev–Trinajstić information content (AvgIpc) is 2.88. The minimum Gasteiger partial charge on any atom is -0.497 e. The maximum absolute atomic E-state index is 13.1. The fourth-order valence-electron chi connectivity index (χ4n) is 4.13. The summed E-state index contributed by atoms with van der Waals surface area (Å²) in [4.78, 5) is 39.3. The number of urea groups is 1. The number of methoxy groups -OCH3 is 3. The molecule has 10 nitrogen and oxygen atoms in total. The number of amides is 4. The molecule has 0 saturated carbocycles. The molecule has 1 aliphatic rings. The SMILES string of the molecule is COc1cccc(NC(=O)N2CCC(NC(=O)[C@@H](Cc3ccc(OC)cc3OC)NC(C)=O)CC2)c1. The zero-order valence-corrected chi connectivity index (χ0v) is 21.1. The van der Waals surface area contributed by atoms with Gasteiger partial charge >= 0.3 is 6.03 Å². The van der Waals surface area contributed by atoms with Gasteiger partial charge in [0.05, 0.1) is 21.3 Å². The van der Waals surface area contributed by atoms with Crippen molar-refractivity contribution in [1.82, 2.24) is 15.5 Å². The van der Waals surface area contributed by atoms with E-state index in [-0.39, 0.29) is 30.3 Å². The second-order valence-electron chi connectivity index (χ2n) is 8.57. The predicted molar refractivity (Wildman–Crippen MR) is 136 cm³/mol. The van der Waals surface area contributed by atoms with Gasteiger partial charge in [-0.2, -0.15) is 0 Å². The number of nitrogens with zero attached hydrogens (tertiary/aromatic N) is 1. The van der Waals surface area contributed by atoms with Crippen molar-refractivity contribution in [2.45, 2.75) is 38.3 Å². The highest BCUT2D eigenvalue weighted by Gasteiger charge is 2.28. The maximum Gasteiger partial charge on any atom is 0.321 e. The number of ether oxygens (including phenoxy) is 3. The van der Waals surface area contributed by atoms with E-state index in [2.05, 4.69) is 16.0 Å². The molecule has 3 N–H and O–H groups in total. The second kappa shape index (κ2) is 12.7. The molecule has 0 spiro atoms. The summed E-state index contributed by atoms with van der Waals surface area (Å²) in [6.07, 6.45) is 1.48. The first-order valence-corrected chi connectivity index (χ1v) is 11.8. The molecule has 194 valence electrons. The second-order valence-corrected chi connectivity index (χ2v) is 8.57. The Labute approximate surface area is 211 Å². The van der Waals surface area contributed by atoms with Crippen molar-refractivity contribution >= 4 is 23.5 Å². The number of carbonyl (C=O) groups excluding carboxylic acids is 3. The van der Waals surface area contributed by atoms with Crippen LogP contribution in [0.1, 0.15) is 25.3 Å². The number of hydrogen-bond donors (Lipinski definition) is 3. The van der Waals surface area contributed by atoms with Crippen molar-refractivity contribution in [3.05, 3.63) is 48.0 Å². The number of benzene rings is 2. The number of rotatable bonds is 9. The molecule has 1 fully saturated rings. The number of likely N-dealkylation sites (tertiary alicyclic amines) is 1. The van der Waals surface area contributed by atoms with Crippen molar-refractivity contribution < 1.29 is 28.6 Å². The predicted octanol–water partition coefficient (Wildman–Crippen LogP) is 2.57. The van der Waals surface area contributed by atoms with Gasteiger partial charge in [-0.25, -0.2) is 4.79 Å². The van der Waals surface area contributed by atoms with Crippen molar-refractivity contribution in [2.75, 3.05) is 39.7 Å². The number of anilines is 1. The molecule has 2 aromatic carbocycles. The van der Waals surface area contributed by atoms with Gasteiger partial charge in [-0.3, -0.25) is 9.59 Å². The van der Waals surface area contributed by atoms with Crippen LogP contribution in [0.2, 0.25) is 0 Å². The van der Waals surface area contributed by atoms with Crippen molar-refractivity contribution in [1.29, 1.82) is 0 Å². The summed E-state index contributed by atoms with van der Waals surface area (Å²) in [5.41, 5.74) is 1.43. The summed E-state index contributed by atoms with van der Waals surface area (Å²) >= 11 is 0. The summed E-state index contributed by atoms with van der Waals surface area (Å²) in [6, 6.07) is 11.4. The molecule has 10 heteroatoms. The van der Waals surface area contributed by atoms with Crippen LogP contribution in [0, 0.1) is 0 Å². The fourth-order valence-corrected chi connectivity index (χ4v) is 4.13. The average molecular weight is 499 g/mol. The molecule has 0 unspecified atom stereocenters. The van der Waals surface area contributed by atoms with Crippen LogP contribution >= 0.6 is 0 Å². The van der Waals surface area contributed by atoms with E-state index in [1.54, 1.807) is 50.5 Å². The first-order chi connectivity index (χ1) is 17.3. The van der Waals surface area contributed by atoms with E-state index >= 15 is 0 Å². The first-order valence-electron chi connectivity index (χ1n) is 11.8. The minimum atomic E-state index is -0.765. The smallest absolute Gasteiger partial charge is 0.321 e. The van der Waals surface area contributed by atoms with Crippen LogP contribution in [0.4, 0.5) is 10.5 Å². The molecule has 2 aromatic rings. The molecule has 3 rings (SSSR count). The van der Waals surface area contributed by atoms with Crippen LogP contribution in [-0.4, -0.2) is 69.2 Å². The Bertz CT molecular complexity index is 1070. The lowest BCUT2D eigenvalue weighted by Gasteiger charge is -2.33. The Morgan fingerprint density at radius 3 is 2.31 bits per heavy atom. The van der Waals surface area contributed by atoms with Gasteiger partial charge in [0, 0.05) is 50.3 Å². The monoisotopic (exact) mass is 498 g/mol. The lowest BCUT2D eigenvalue weighted by molar-refractivity contribution is -0.128. The quantitative estimate of drug-likeness (QED) is 0.489. The van der Waals surface area contributed by atoms with Crippen molar-refractivity contribution in [3.63, 3.8) is 0 Å². The zero-order chi connectivity index (χ0) is 26.1. The van der Waals surface area contributed by atoms with E-state index in [1.165, 1.54) is 6.92 Å². The van der Waals surface area contributed by atoms with Gasteiger partial charge in [0.25, 0.3) is 0 Å². The number of hydrogen-bond acceptors (Lipinski definition) is 6. The molecular formula is C26H34N4O6. The minimum absolute atomic E-state index is 0.104. The summed E-state index contributed by atoms with van der Waals surface area (Å²) < 4.78 is 15.9. The van der Waals surface area contributed by atoms with Crippen molar-refractivity contribution in [2.24, 2.45) is 0 Å². The van der Waals surface area contributed by atoms with Crippen LogP contribution in [0.15, 0.2) is 42.5 Å². The molecule has 1 aliphatic heterocycles. The highest BCUT2D eigenvalue weighted by molar-refractivity contribution is 5.90. The molecule has 0 radical (unpaired) electrons. The summed E-state index contributed by atoms with van der Waals surface area (Å²) in [7, 11) is 4.68. The van der Waals surface area contributed by atoms with E-state index in [0.717, 1.165) is 5.56 Å². The number of carbonyl (C=O) groups is 3. The molecule has 1 heterocycles. The van der Waals surface area contributed by atoms with Gasteiger partial charge in [-0.05, 0) is 36.6 Å². The topological polar surface area (TPSA) is 118 Å². The Morgan fingerprint density at radius 1 is 0.972 bits per heavy atom. The Hall–Kier alpha value is -3.95. The lowest BCUT2D eigenvalue weighted by atomic mass is 10.0. The highest BCUT2D eigenvalue weighted by Crippen LogP contribution is 2.26. The summed E-state index contributed by atoms with van der Waals surface area (Å²) in [5.74, 6) is 1.30. The number of nitrogens with one attached hydrogen (secondary N) is 3. The Kier molecular flexibility index (Phi) is 9.38.